The lowest BCUT2D eigenvalue weighted by Gasteiger charge is -2.19. The van der Waals surface area contributed by atoms with E-state index in [2.05, 4.69) is 5.32 Å². The molecule has 0 atom stereocenters. The van der Waals surface area contributed by atoms with Crippen LogP contribution in [0, 0.1) is 0 Å². The van der Waals surface area contributed by atoms with Crippen LogP contribution in [-0.4, -0.2) is 13.1 Å². The van der Waals surface area contributed by atoms with E-state index in [4.69, 9.17) is 10.5 Å². The van der Waals surface area contributed by atoms with Crippen molar-refractivity contribution in [2.75, 3.05) is 7.05 Å². The van der Waals surface area contributed by atoms with Crippen LogP contribution in [0.15, 0.2) is 24.3 Å². The number of rotatable bonds is 2. The zero-order chi connectivity index (χ0) is 11.5. The number of halogens is 1. The Balaban J connectivity index is 0.00000225. The Morgan fingerprint density at radius 1 is 1.44 bits per heavy atom. The molecule has 3 N–H and O–H groups in total. The van der Waals surface area contributed by atoms with Crippen LogP contribution in [0.25, 0.3) is 0 Å². The molecule has 1 amide bonds. The zero-order valence-electron chi connectivity index (χ0n) is 9.61. The van der Waals surface area contributed by atoms with Crippen molar-refractivity contribution in [1.29, 1.82) is 0 Å². The van der Waals surface area contributed by atoms with Gasteiger partial charge >= 0.3 is 6.09 Å². The van der Waals surface area contributed by atoms with Crippen molar-refractivity contribution >= 4 is 18.5 Å². The summed E-state index contributed by atoms with van der Waals surface area (Å²) in [5, 5.41) is 2.38. The van der Waals surface area contributed by atoms with Gasteiger partial charge < -0.3 is 15.8 Å². The molecule has 1 rings (SSSR count). The summed E-state index contributed by atoms with van der Waals surface area (Å²) < 4.78 is 4.99. The molecule has 0 heterocycles. The van der Waals surface area contributed by atoms with Crippen LogP contribution >= 0.6 is 12.4 Å². The van der Waals surface area contributed by atoms with Crippen LogP contribution in [0.3, 0.4) is 0 Å². The summed E-state index contributed by atoms with van der Waals surface area (Å²) in [6, 6.07) is 7.18. The molecule has 5 heteroatoms. The topological polar surface area (TPSA) is 64.3 Å². The average Bonchev–Trinajstić information content (AvgIpc) is 2.17. The summed E-state index contributed by atoms with van der Waals surface area (Å²) in [5.41, 5.74) is 6.41. The van der Waals surface area contributed by atoms with Crippen LogP contribution in [0.1, 0.15) is 19.4 Å². The van der Waals surface area contributed by atoms with Crippen molar-refractivity contribution < 1.29 is 9.53 Å². The molecule has 0 saturated carbocycles. The van der Waals surface area contributed by atoms with Gasteiger partial charge in [0.15, 0.2) is 0 Å². The van der Waals surface area contributed by atoms with E-state index in [-0.39, 0.29) is 12.4 Å². The maximum atomic E-state index is 11.0. The minimum absolute atomic E-state index is 0. The van der Waals surface area contributed by atoms with E-state index in [1.807, 2.05) is 26.0 Å². The van der Waals surface area contributed by atoms with Crippen LogP contribution in [0.2, 0.25) is 0 Å². The maximum absolute atomic E-state index is 11.0. The molecule has 16 heavy (non-hydrogen) atoms. The number of amides is 1. The summed E-state index contributed by atoms with van der Waals surface area (Å²) in [5.74, 6) is 0.491. The van der Waals surface area contributed by atoms with Gasteiger partial charge in [0.25, 0.3) is 0 Å². The predicted molar refractivity (Wildman–Crippen MR) is 66.0 cm³/mol. The Bertz CT molecular complexity index is 361. The molecule has 0 saturated heterocycles. The van der Waals surface area contributed by atoms with Crippen LogP contribution < -0.4 is 15.8 Å². The molecule has 0 aromatic heterocycles. The van der Waals surface area contributed by atoms with Crippen LogP contribution in [0.4, 0.5) is 4.79 Å². The minimum atomic E-state index is -0.484. The van der Waals surface area contributed by atoms with Gasteiger partial charge in [-0.1, -0.05) is 12.1 Å². The molecule has 0 spiro atoms. The van der Waals surface area contributed by atoms with Crippen molar-refractivity contribution in [3.63, 3.8) is 0 Å². The lowest BCUT2D eigenvalue weighted by Crippen LogP contribution is -2.28. The number of benzene rings is 1. The van der Waals surface area contributed by atoms with Gasteiger partial charge in [-0.25, -0.2) is 4.79 Å². The highest BCUT2D eigenvalue weighted by atomic mass is 35.5. The Labute approximate surface area is 102 Å². The molecular weight excluding hydrogens is 228 g/mol. The molecular formula is C11H17ClN2O2. The van der Waals surface area contributed by atoms with Gasteiger partial charge in [-0.3, -0.25) is 0 Å². The summed E-state index contributed by atoms with van der Waals surface area (Å²) in [6.45, 7) is 3.79. The highest BCUT2D eigenvalue weighted by Crippen LogP contribution is 2.21. The van der Waals surface area contributed by atoms with E-state index >= 15 is 0 Å². The minimum Gasteiger partial charge on any atom is -0.410 e. The third kappa shape index (κ3) is 4.08. The second-order valence-electron chi connectivity index (χ2n) is 3.89. The SMILES string of the molecule is CNC(=O)Oc1cccc(C(C)(C)N)c1.Cl. The fourth-order valence-corrected chi connectivity index (χ4v) is 1.12. The van der Waals surface area contributed by atoms with Gasteiger partial charge in [0, 0.05) is 12.6 Å². The normalized spacial score (nSPS) is 10.2. The van der Waals surface area contributed by atoms with Gasteiger partial charge in [-0.2, -0.15) is 0 Å². The number of carbonyl (C=O) groups is 1. The molecule has 0 aliphatic carbocycles. The molecule has 0 unspecified atom stereocenters. The average molecular weight is 245 g/mol. The fraction of sp³-hybridized carbons (Fsp3) is 0.364. The van der Waals surface area contributed by atoms with E-state index in [1.54, 1.807) is 12.1 Å². The molecule has 0 fully saturated rings. The van der Waals surface area contributed by atoms with Gasteiger partial charge in [-0.15, -0.1) is 12.4 Å². The monoisotopic (exact) mass is 244 g/mol. The number of nitrogens with one attached hydrogen (secondary N) is 1. The summed E-state index contributed by atoms with van der Waals surface area (Å²) in [6.07, 6.45) is -0.484. The van der Waals surface area contributed by atoms with Gasteiger partial charge in [0.1, 0.15) is 5.75 Å². The zero-order valence-corrected chi connectivity index (χ0v) is 10.4. The number of carbonyl (C=O) groups excluding carboxylic acids is 1. The Hall–Kier alpha value is -1.26. The molecule has 0 radical (unpaired) electrons. The summed E-state index contributed by atoms with van der Waals surface area (Å²) >= 11 is 0. The first-order valence-corrected chi connectivity index (χ1v) is 4.72. The van der Waals surface area contributed by atoms with Crippen molar-refractivity contribution in [3.8, 4) is 5.75 Å². The van der Waals surface area contributed by atoms with Crippen LogP contribution in [-0.2, 0) is 5.54 Å². The first-order chi connectivity index (χ1) is 6.93. The first kappa shape index (κ1) is 14.7. The fourth-order valence-electron chi connectivity index (χ4n) is 1.12. The standard InChI is InChI=1S/C11H16N2O2.ClH/c1-11(2,12)8-5-4-6-9(7-8)15-10(14)13-3;/h4-7H,12H2,1-3H3,(H,13,14);1H. The lowest BCUT2D eigenvalue weighted by molar-refractivity contribution is 0.203. The second kappa shape index (κ2) is 5.72. The van der Waals surface area contributed by atoms with Gasteiger partial charge in [-0.05, 0) is 31.5 Å². The number of ether oxygens (including phenoxy) is 1. The molecule has 1 aromatic rings. The quantitative estimate of drug-likeness (QED) is 0.837. The molecule has 1 aromatic carbocycles. The Morgan fingerprint density at radius 3 is 2.56 bits per heavy atom. The highest BCUT2D eigenvalue weighted by Gasteiger charge is 2.14. The molecule has 0 aliphatic rings. The molecule has 4 nitrogen and oxygen atoms in total. The van der Waals surface area contributed by atoms with Crippen molar-refractivity contribution in [2.24, 2.45) is 5.73 Å². The van der Waals surface area contributed by atoms with E-state index in [0.717, 1.165) is 5.56 Å². The second-order valence-corrected chi connectivity index (χ2v) is 3.89. The number of hydrogen-bond donors (Lipinski definition) is 2. The summed E-state index contributed by atoms with van der Waals surface area (Å²) in [7, 11) is 1.51. The third-order valence-electron chi connectivity index (χ3n) is 1.99. The number of nitrogens with two attached hydrogens (primary N) is 1. The molecule has 0 aliphatic heterocycles. The molecule has 90 valence electrons. The maximum Gasteiger partial charge on any atom is 0.412 e. The van der Waals surface area contributed by atoms with Crippen molar-refractivity contribution in [2.45, 2.75) is 19.4 Å². The largest absolute Gasteiger partial charge is 0.412 e. The first-order valence-electron chi connectivity index (χ1n) is 4.72. The van der Waals surface area contributed by atoms with E-state index in [9.17, 15) is 4.79 Å². The highest BCUT2D eigenvalue weighted by molar-refractivity contribution is 5.85. The van der Waals surface area contributed by atoms with Crippen LogP contribution in [0.5, 0.6) is 5.75 Å². The van der Waals surface area contributed by atoms with Crippen molar-refractivity contribution in [3.05, 3.63) is 29.8 Å². The third-order valence-corrected chi connectivity index (χ3v) is 1.99. The van der Waals surface area contributed by atoms with E-state index < -0.39 is 11.6 Å². The van der Waals surface area contributed by atoms with E-state index in [1.165, 1.54) is 7.05 Å². The lowest BCUT2D eigenvalue weighted by atomic mass is 9.96. The Morgan fingerprint density at radius 2 is 2.06 bits per heavy atom. The Kier molecular flexibility index (Phi) is 5.27. The number of hydrogen-bond acceptors (Lipinski definition) is 3. The van der Waals surface area contributed by atoms with Gasteiger partial charge in [0.05, 0.1) is 0 Å². The predicted octanol–water partition coefficient (Wildman–Crippen LogP) is 2.02. The van der Waals surface area contributed by atoms with Gasteiger partial charge in [0.2, 0.25) is 0 Å². The van der Waals surface area contributed by atoms with Crippen molar-refractivity contribution in [1.82, 2.24) is 5.32 Å². The molecule has 0 bridgehead atoms. The summed E-state index contributed by atoms with van der Waals surface area (Å²) in [4.78, 5) is 11.0. The van der Waals surface area contributed by atoms with E-state index in [0.29, 0.717) is 5.75 Å². The smallest absolute Gasteiger partial charge is 0.410 e.